The van der Waals surface area contributed by atoms with Gasteiger partial charge in [-0.3, -0.25) is 4.79 Å². The first-order valence-corrected chi connectivity index (χ1v) is 4.60. The van der Waals surface area contributed by atoms with Crippen molar-refractivity contribution in [2.75, 3.05) is 0 Å². The molecule has 1 aromatic carbocycles. The second-order valence-corrected chi connectivity index (χ2v) is 3.65. The predicted octanol–water partition coefficient (Wildman–Crippen LogP) is 2.45. The predicted molar refractivity (Wildman–Crippen MR) is 53.2 cm³/mol. The summed E-state index contributed by atoms with van der Waals surface area (Å²) in [6.07, 6.45) is 0.371. The van der Waals surface area contributed by atoms with Gasteiger partial charge in [-0.2, -0.15) is 5.26 Å². The number of nitriles is 1. The lowest BCUT2D eigenvalue weighted by atomic mass is 10.1. The zero-order chi connectivity index (χ0) is 9.84. The molecule has 3 heteroatoms. The van der Waals surface area contributed by atoms with Crippen molar-refractivity contribution in [2.24, 2.45) is 0 Å². The Kier molecular flexibility index (Phi) is 3.21. The molecule has 0 bridgehead atoms. The van der Waals surface area contributed by atoms with Gasteiger partial charge in [0.05, 0.1) is 11.6 Å². The van der Waals surface area contributed by atoms with E-state index in [-0.39, 0.29) is 5.78 Å². The van der Waals surface area contributed by atoms with Crippen LogP contribution in [-0.2, 0) is 11.2 Å². The van der Waals surface area contributed by atoms with Gasteiger partial charge in [-0.15, -0.1) is 0 Å². The molecular weight excluding hydrogens is 230 g/mol. The third-order valence-corrected chi connectivity index (χ3v) is 2.39. The normalized spacial score (nSPS) is 9.31. The van der Waals surface area contributed by atoms with Crippen LogP contribution in [0.15, 0.2) is 22.7 Å². The summed E-state index contributed by atoms with van der Waals surface area (Å²) in [4.78, 5) is 10.9. The molecule has 0 unspecified atom stereocenters. The second kappa shape index (κ2) is 4.20. The van der Waals surface area contributed by atoms with Crippen LogP contribution in [0, 0.1) is 11.3 Å². The molecule has 0 saturated heterocycles. The Hall–Kier alpha value is -1.14. The average molecular weight is 238 g/mol. The number of ketones is 1. The van der Waals surface area contributed by atoms with Crippen molar-refractivity contribution in [3.05, 3.63) is 33.8 Å². The van der Waals surface area contributed by atoms with Crippen molar-refractivity contribution in [1.29, 1.82) is 5.26 Å². The monoisotopic (exact) mass is 237 g/mol. The fourth-order valence-electron chi connectivity index (χ4n) is 1.05. The van der Waals surface area contributed by atoms with Crippen LogP contribution < -0.4 is 0 Å². The number of rotatable bonds is 2. The summed E-state index contributed by atoms with van der Waals surface area (Å²) in [5.74, 6) is 0.0933. The highest BCUT2D eigenvalue weighted by molar-refractivity contribution is 9.10. The lowest BCUT2D eigenvalue weighted by Crippen LogP contribution is -1.97. The van der Waals surface area contributed by atoms with Gasteiger partial charge in [-0.1, -0.05) is 15.9 Å². The average Bonchev–Trinajstić information content (AvgIpc) is 2.08. The molecule has 0 heterocycles. The highest BCUT2D eigenvalue weighted by Crippen LogP contribution is 2.18. The van der Waals surface area contributed by atoms with E-state index in [0.29, 0.717) is 12.0 Å². The molecule has 0 amide bonds. The largest absolute Gasteiger partial charge is 0.300 e. The molecule has 66 valence electrons. The number of hydrogen-bond acceptors (Lipinski definition) is 2. The molecule has 0 aliphatic rings. The number of hydrogen-bond donors (Lipinski definition) is 0. The van der Waals surface area contributed by atoms with E-state index in [0.717, 1.165) is 10.0 Å². The van der Waals surface area contributed by atoms with Crippen molar-refractivity contribution >= 4 is 21.7 Å². The van der Waals surface area contributed by atoms with E-state index in [1.165, 1.54) is 6.92 Å². The van der Waals surface area contributed by atoms with E-state index in [9.17, 15) is 4.79 Å². The smallest absolute Gasteiger partial charge is 0.134 e. The summed E-state index contributed by atoms with van der Waals surface area (Å²) in [5, 5.41) is 8.64. The van der Waals surface area contributed by atoms with Crippen molar-refractivity contribution in [2.45, 2.75) is 13.3 Å². The first kappa shape index (κ1) is 9.94. The van der Waals surface area contributed by atoms with Gasteiger partial charge < -0.3 is 0 Å². The summed E-state index contributed by atoms with van der Waals surface area (Å²) < 4.78 is 0.877. The van der Waals surface area contributed by atoms with E-state index >= 15 is 0 Å². The molecule has 0 aliphatic heterocycles. The van der Waals surface area contributed by atoms with Crippen molar-refractivity contribution in [3.8, 4) is 6.07 Å². The van der Waals surface area contributed by atoms with Crippen LogP contribution in [0.4, 0.5) is 0 Å². The molecule has 13 heavy (non-hydrogen) atoms. The van der Waals surface area contributed by atoms with E-state index in [4.69, 9.17) is 5.26 Å². The third kappa shape index (κ3) is 2.67. The van der Waals surface area contributed by atoms with Crippen LogP contribution in [0.25, 0.3) is 0 Å². The number of carbonyl (C=O) groups excluding carboxylic acids is 1. The Morgan fingerprint density at radius 1 is 1.62 bits per heavy atom. The lowest BCUT2D eigenvalue weighted by molar-refractivity contribution is -0.116. The Morgan fingerprint density at radius 3 is 2.85 bits per heavy atom. The van der Waals surface area contributed by atoms with E-state index in [1.54, 1.807) is 18.2 Å². The lowest BCUT2D eigenvalue weighted by Gasteiger charge is -2.01. The zero-order valence-corrected chi connectivity index (χ0v) is 8.76. The Bertz CT molecular complexity index is 379. The van der Waals surface area contributed by atoms with Crippen LogP contribution in [-0.4, -0.2) is 5.78 Å². The van der Waals surface area contributed by atoms with Gasteiger partial charge in [-0.05, 0) is 30.7 Å². The molecule has 0 fully saturated rings. The maximum Gasteiger partial charge on any atom is 0.134 e. The Balaban J connectivity index is 3.05. The summed E-state index contributed by atoms with van der Waals surface area (Å²) in [6, 6.07) is 7.27. The molecule has 2 nitrogen and oxygen atoms in total. The summed E-state index contributed by atoms with van der Waals surface area (Å²) in [5.41, 5.74) is 1.45. The van der Waals surface area contributed by atoms with Crippen LogP contribution in [0.1, 0.15) is 18.1 Å². The standard InChI is InChI=1S/C10H8BrNO/c1-7(13)4-9-5-8(6-12)2-3-10(9)11/h2-3,5H,4H2,1H3. The molecule has 0 N–H and O–H groups in total. The highest BCUT2D eigenvalue weighted by atomic mass is 79.9. The number of Topliss-reactive ketones (excluding diaryl/α,β-unsaturated/α-hetero) is 1. The number of halogens is 1. The molecular formula is C10H8BrNO. The van der Waals surface area contributed by atoms with Gasteiger partial charge >= 0.3 is 0 Å². The molecule has 0 radical (unpaired) electrons. The van der Waals surface area contributed by atoms with Crippen molar-refractivity contribution in [1.82, 2.24) is 0 Å². The van der Waals surface area contributed by atoms with Gasteiger partial charge in [-0.25, -0.2) is 0 Å². The van der Waals surface area contributed by atoms with Crippen LogP contribution in [0.2, 0.25) is 0 Å². The van der Waals surface area contributed by atoms with Crippen LogP contribution in [0.5, 0.6) is 0 Å². The SMILES string of the molecule is CC(=O)Cc1cc(C#N)ccc1Br. The molecule has 0 atom stereocenters. The second-order valence-electron chi connectivity index (χ2n) is 2.80. The fraction of sp³-hybridized carbons (Fsp3) is 0.200. The molecule has 0 spiro atoms. The maximum atomic E-state index is 10.9. The van der Waals surface area contributed by atoms with E-state index in [1.807, 2.05) is 6.07 Å². The van der Waals surface area contributed by atoms with Gasteiger partial charge in [0, 0.05) is 10.9 Å². The summed E-state index contributed by atoms with van der Waals surface area (Å²) >= 11 is 3.33. The van der Waals surface area contributed by atoms with E-state index < -0.39 is 0 Å². The summed E-state index contributed by atoms with van der Waals surface area (Å²) in [6.45, 7) is 1.53. The third-order valence-electron chi connectivity index (χ3n) is 1.61. The minimum absolute atomic E-state index is 0.0933. The molecule has 0 aromatic heterocycles. The fourth-order valence-corrected chi connectivity index (χ4v) is 1.43. The van der Waals surface area contributed by atoms with Crippen LogP contribution in [0.3, 0.4) is 0 Å². The molecule has 0 aliphatic carbocycles. The molecule has 1 aromatic rings. The quantitative estimate of drug-likeness (QED) is 0.793. The summed E-state index contributed by atoms with van der Waals surface area (Å²) in [7, 11) is 0. The Morgan fingerprint density at radius 2 is 2.31 bits per heavy atom. The van der Waals surface area contributed by atoms with Gasteiger partial charge in [0.1, 0.15) is 5.78 Å². The highest BCUT2D eigenvalue weighted by Gasteiger charge is 2.03. The van der Waals surface area contributed by atoms with Crippen LogP contribution >= 0.6 is 15.9 Å². The topological polar surface area (TPSA) is 40.9 Å². The molecule has 0 saturated carbocycles. The maximum absolute atomic E-state index is 10.9. The van der Waals surface area contributed by atoms with Crippen molar-refractivity contribution in [3.63, 3.8) is 0 Å². The van der Waals surface area contributed by atoms with E-state index in [2.05, 4.69) is 15.9 Å². The molecule has 1 rings (SSSR count). The minimum Gasteiger partial charge on any atom is -0.300 e. The van der Waals surface area contributed by atoms with Gasteiger partial charge in [0.15, 0.2) is 0 Å². The Labute approximate surface area is 85.3 Å². The number of benzene rings is 1. The number of carbonyl (C=O) groups is 1. The minimum atomic E-state index is 0.0933. The van der Waals surface area contributed by atoms with Gasteiger partial charge in [0.25, 0.3) is 0 Å². The first-order valence-electron chi connectivity index (χ1n) is 3.81. The zero-order valence-electron chi connectivity index (χ0n) is 7.17. The van der Waals surface area contributed by atoms with Gasteiger partial charge in [0.2, 0.25) is 0 Å². The van der Waals surface area contributed by atoms with Crippen molar-refractivity contribution < 1.29 is 4.79 Å². The first-order chi connectivity index (χ1) is 6.13. The number of nitrogens with zero attached hydrogens (tertiary/aromatic N) is 1.